The van der Waals surface area contributed by atoms with Crippen LogP contribution in [0.5, 0.6) is 0 Å². The smallest absolute Gasteiger partial charge is 0.165 e. The second kappa shape index (κ2) is 5.40. The molecule has 4 rings (SSSR count). The summed E-state index contributed by atoms with van der Waals surface area (Å²) in [7, 11) is 4.01. The number of nitrogens with zero attached hydrogens (tertiary/aromatic N) is 8. The van der Waals surface area contributed by atoms with Gasteiger partial charge in [-0.25, -0.2) is 24.9 Å². The number of fused-ring (bicyclic) bond motifs is 1. The van der Waals surface area contributed by atoms with Crippen LogP contribution >= 0.6 is 0 Å². The number of hydrogen-bond donors (Lipinski definition) is 0. The van der Waals surface area contributed by atoms with E-state index < -0.39 is 0 Å². The van der Waals surface area contributed by atoms with Gasteiger partial charge in [-0.15, -0.1) is 0 Å². The van der Waals surface area contributed by atoms with Crippen LogP contribution in [-0.2, 0) is 7.05 Å². The molecule has 0 N–H and O–H groups in total. The van der Waals surface area contributed by atoms with Crippen LogP contribution in [0.25, 0.3) is 11.2 Å². The van der Waals surface area contributed by atoms with Gasteiger partial charge in [-0.05, 0) is 13.8 Å². The third-order valence-electron chi connectivity index (χ3n) is 4.50. The highest BCUT2D eigenvalue weighted by Gasteiger charge is 2.33. The van der Waals surface area contributed by atoms with Gasteiger partial charge in [-0.1, -0.05) is 0 Å². The first-order chi connectivity index (χ1) is 11.5. The topological polar surface area (TPSA) is 75.9 Å². The Kier molecular flexibility index (Phi) is 3.33. The molecular weight excluding hydrogens is 304 g/mol. The number of aryl methyl sites for hydroxylation is 3. The van der Waals surface area contributed by atoms with E-state index in [0.29, 0.717) is 6.04 Å². The van der Waals surface area contributed by atoms with Gasteiger partial charge in [-0.3, -0.25) is 0 Å². The minimum atomic E-state index is 0.376. The molecule has 0 bridgehead atoms. The predicted octanol–water partition coefficient (Wildman–Crippen LogP) is 1.10. The first-order valence-corrected chi connectivity index (χ1v) is 7.95. The van der Waals surface area contributed by atoms with Gasteiger partial charge in [0.2, 0.25) is 0 Å². The molecule has 3 aromatic rings. The van der Waals surface area contributed by atoms with Crippen LogP contribution in [0, 0.1) is 13.8 Å². The van der Waals surface area contributed by atoms with Crippen molar-refractivity contribution in [1.82, 2.24) is 29.5 Å². The zero-order valence-electron chi connectivity index (χ0n) is 14.3. The average molecular weight is 324 g/mol. The molecule has 0 radical (unpaired) electrons. The third-order valence-corrected chi connectivity index (χ3v) is 4.50. The van der Waals surface area contributed by atoms with Crippen molar-refractivity contribution < 1.29 is 0 Å². The fourth-order valence-corrected chi connectivity index (χ4v) is 3.11. The summed E-state index contributed by atoms with van der Waals surface area (Å²) in [6.07, 6.45) is 3.37. The summed E-state index contributed by atoms with van der Waals surface area (Å²) in [6, 6.07) is 2.41. The summed E-state index contributed by atoms with van der Waals surface area (Å²) >= 11 is 0. The molecule has 24 heavy (non-hydrogen) atoms. The van der Waals surface area contributed by atoms with Gasteiger partial charge in [0.25, 0.3) is 0 Å². The van der Waals surface area contributed by atoms with Crippen molar-refractivity contribution in [3.05, 3.63) is 30.2 Å². The molecule has 1 aliphatic rings. The second-order valence-electron chi connectivity index (χ2n) is 6.31. The van der Waals surface area contributed by atoms with Crippen molar-refractivity contribution in [1.29, 1.82) is 0 Å². The van der Waals surface area contributed by atoms with E-state index in [1.165, 1.54) is 0 Å². The minimum absolute atomic E-state index is 0.376. The van der Waals surface area contributed by atoms with Crippen molar-refractivity contribution in [2.45, 2.75) is 19.9 Å². The highest BCUT2D eigenvalue weighted by atomic mass is 15.4. The quantitative estimate of drug-likeness (QED) is 0.714. The van der Waals surface area contributed by atoms with E-state index in [0.717, 1.165) is 47.4 Å². The van der Waals surface area contributed by atoms with Crippen LogP contribution in [-0.4, -0.2) is 55.7 Å². The summed E-state index contributed by atoms with van der Waals surface area (Å²) < 4.78 is 1.91. The van der Waals surface area contributed by atoms with Crippen LogP contribution < -0.4 is 9.80 Å². The maximum atomic E-state index is 4.53. The first-order valence-electron chi connectivity index (χ1n) is 7.95. The molecule has 0 spiro atoms. The number of rotatable bonds is 3. The Hall–Kier alpha value is -2.77. The Morgan fingerprint density at radius 1 is 1.12 bits per heavy atom. The van der Waals surface area contributed by atoms with E-state index in [1.807, 2.05) is 31.5 Å². The van der Waals surface area contributed by atoms with Crippen molar-refractivity contribution in [2.75, 3.05) is 29.9 Å². The third kappa shape index (κ3) is 2.34. The first kappa shape index (κ1) is 14.8. The van der Waals surface area contributed by atoms with E-state index in [4.69, 9.17) is 0 Å². The number of imidazole rings is 1. The van der Waals surface area contributed by atoms with Gasteiger partial charge in [0, 0.05) is 38.9 Å². The zero-order valence-corrected chi connectivity index (χ0v) is 14.3. The van der Waals surface area contributed by atoms with Gasteiger partial charge in [0.15, 0.2) is 17.0 Å². The Morgan fingerprint density at radius 2 is 1.92 bits per heavy atom. The SMILES string of the molecule is Cc1cc(N2CC(N(C)c3ncnc4c3ncn4C)C2)nc(C)n1. The molecule has 1 aliphatic heterocycles. The highest BCUT2D eigenvalue weighted by Crippen LogP contribution is 2.27. The van der Waals surface area contributed by atoms with Crippen molar-refractivity contribution in [3.63, 3.8) is 0 Å². The van der Waals surface area contributed by atoms with Crippen molar-refractivity contribution in [2.24, 2.45) is 7.05 Å². The monoisotopic (exact) mass is 324 g/mol. The molecule has 0 atom stereocenters. The normalized spacial score (nSPS) is 14.9. The van der Waals surface area contributed by atoms with Gasteiger partial charge < -0.3 is 14.4 Å². The van der Waals surface area contributed by atoms with Crippen molar-refractivity contribution in [3.8, 4) is 0 Å². The van der Waals surface area contributed by atoms with Crippen LogP contribution in [0.15, 0.2) is 18.7 Å². The summed E-state index contributed by atoms with van der Waals surface area (Å²) in [6.45, 7) is 5.74. The van der Waals surface area contributed by atoms with Gasteiger partial charge in [0.05, 0.1) is 12.4 Å². The molecule has 0 aliphatic carbocycles. The number of likely N-dealkylation sites (N-methyl/N-ethyl adjacent to an activating group) is 1. The van der Waals surface area contributed by atoms with Crippen LogP contribution in [0.3, 0.4) is 0 Å². The molecule has 8 heteroatoms. The lowest BCUT2D eigenvalue weighted by Gasteiger charge is -2.45. The Balaban J connectivity index is 1.54. The lowest BCUT2D eigenvalue weighted by molar-refractivity contribution is 0.489. The molecule has 3 aromatic heterocycles. The molecule has 0 unspecified atom stereocenters. The molecule has 1 saturated heterocycles. The van der Waals surface area contributed by atoms with Gasteiger partial charge in [0.1, 0.15) is 18.0 Å². The fraction of sp³-hybridized carbons (Fsp3) is 0.438. The van der Waals surface area contributed by atoms with E-state index in [2.05, 4.69) is 41.8 Å². The van der Waals surface area contributed by atoms with Crippen LogP contribution in [0.4, 0.5) is 11.6 Å². The summed E-state index contributed by atoms with van der Waals surface area (Å²) in [5.74, 6) is 2.68. The molecule has 0 saturated carbocycles. The zero-order chi connectivity index (χ0) is 16.8. The van der Waals surface area contributed by atoms with Gasteiger partial charge in [-0.2, -0.15) is 0 Å². The second-order valence-corrected chi connectivity index (χ2v) is 6.31. The molecule has 1 fully saturated rings. The van der Waals surface area contributed by atoms with E-state index in [-0.39, 0.29) is 0 Å². The number of anilines is 2. The molecule has 124 valence electrons. The Labute approximate surface area is 140 Å². The lowest BCUT2D eigenvalue weighted by Crippen LogP contribution is -2.59. The predicted molar refractivity (Wildman–Crippen MR) is 92.2 cm³/mol. The molecule has 4 heterocycles. The number of aromatic nitrogens is 6. The summed E-state index contributed by atoms with van der Waals surface area (Å²) in [4.78, 5) is 26.5. The molecule has 0 aromatic carbocycles. The maximum absolute atomic E-state index is 4.53. The highest BCUT2D eigenvalue weighted by molar-refractivity contribution is 5.83. The standard InChI is InChI=1S/C16H20N8/c1-10-5-13(21-11(2)20-10)24-6-12(7-24)23(4)16-14-15(17-8-18-16)22(3)9-19-14/h5,8-9,12H,6-7H2,1-4H3. The van der Waals surface area contributed by atoms with Crippen LogP contribution in [0.2, 0.25) is 0 Å². The van der Waals surface area contributed by atoms with Crippen LogP contribution in [0.1, 0.15) is 11.5 Å². The van der Waals surface area contributed by atoms with E-state index in [9.17, 15) is 0 Å². The van der Waals surface area contributed by atoms with E-state index in [1.54, 1.807) is 12.7 Å². The largest absolute Gasteiger partial charge is 0.352 e. The Morgan fingerprint density at radius 3 is 2.67 bits per heavy atom. The maximum Gasteiger partial charge on any atom is 0.165 e. The summed E-state index contributed by atoms with van der Waals surface area (Å²) in [5, 5.41) is 0. The lowest BCUT2D eigenvalue weighted by atomic mass is 10.1. The molecule has 0 amide bonds. The van der Waals surface area contributed by atoms with E-state index >= 15 is 0 Å². The summed E-state index contributed by atoms with van der Waals surface area (Å²) in [5.41, 5.74) is 2.69. The minimum Gasteiger partial charge on any atom is -0.352 e. The Bertz CT molecular complexity index is 876. The molecule has 8 nitrogen and oxygen atoms in total. The average Bonchev–Trinajstić information content (AvgIpc) is 2.86. The van der Waals surface area contributed by atoms with Gasteiger partial charge >= 0.3 is 0 Å². The number of hydrogen-bond acceptors (Lipinski definition) is 7. The van der Waals surface area contributed by atoms with Crippen molar-refractivity contribution >= 4 is 22.8 Å². The fourth-order valence-electron chi connectivity index (χ4n) is 3.11. The molecular formula is C16H20N8.